The molecule has 1 fully saturated rings. The van der Waals surface area contributed by atoms with Crippen molar-refractivity contribution >= 4 is 0 Å². The molecule has 0 spiro atoms. The molecule has 19 heavy (non-hydrogen) atoms. The van der Waals surface area contributed by atoms with Crippen LogP contribution >= 0.6 is 0 Å². The fourth-order valence-electron chi connectivity index (χ4n) is 2.60. The number of aromatic hydroxyl groups is 1. The maximum Gasteiger partial charge on any atom is 0.120 e. The lowest BCUT2D eigenvalue weighted by atomic mass is 9.97. The van der Waals surface area contributed by atoms with Crippen LogP contribution in [0.3, 0.4) is 0 Å². The molecule has 1 heterocycles. The van der Waals surface area contributed by atoms with Crippen molar-refractivity contribution in [2.24, 2.45) is 5.92 Å². The lowest BCUT2D eigenvalue weighted by molar-refractivity contribution is 0.0964. The molecular weight excluding hydrogens is 242 g/mol. The van der Waals surface area contributed by atoms with Crippen molar-refractivity contribution in [1.29, 1.82) is 0 Å². The highest BCUT2D eigenvalue weighted by Crippen LogP contribution is 2.26. The lowest BCUT2D eigenvalue weighted by Crippen LogP contribution is -2.34. The van der Waals surface area contributed by atoms with E-state index in [-0.39, 0.29) is 0 Å². The van der Waals surface area contributed by atoms with Crippen LogP contribution in [0.2, 0.25) is 0 Å². The first-order valence-electron chi connectivity index (χ1n) is 6.80. The van der Waals surface area contributed by atoms with Gasteiger partial charge >= 0.3 is 0 Å². The lowest BCUT2D eigenvalue weighted by Gasteiger charge is -2.31. The molecule has 0 unspecified atom stereocenters. The van der Waals surface area contributed by atoms with Crippen molar-refractivity contribution in [3.05, 3.63) is 23.8 Å². The van der Waals surface area contributed by atoms with E-state index in [9.17, 15) is 5.11 Å². The van der Waals surface area contributed by atoms with E-state index in [1.807, 2.05) is 6.07 Å². The predicted molar refractivity (Wildman–Crippen MR) is 74.5 cm³/mol. The molecule has 0 atom stereocenters. The van der Waals surface area contributed by atoms with E-state index in [0.29, 0.717) is 11.7 Å². The zero-order valence-electron chi connectivity index (χ0n) is 11.8. The van der Waals surface area contributed by atoms with Crippen LogP contribution in [0.5, 0.6) is 11.5 Å². The second kappa shape index (κ2) is 6.78. The number of phenolic OH excluding ortho intramolecular Hbond substituents is 1. The number of piperidine rings is 1. The van der Waals surface area contributed by atoms with E-state index in [0.717, 1.165) is 37.6 Å². The summed E-state index contributed by atoms with van der Waals surface area (Å²) in [5.41, 5.74) is 0.935. The summed E-state index contributed by atoms with van der Waals surface area (Å²) in [5, 5.41) is 9.90. The summed E-state index contributed by atoms with van der Waals surface area (Å²) >= 11 is 0. The van der Waals surface area contributed by atoms with Crippen molar-refractivity contribution in [3.63, 3.8) is 0 Å². The molecule has 1 aromatic rings. The van der Waals surface area contributed by atoms with E-state index in [1.165, 1.54) is 12.8 Å². The minimum absolute atomic E-state index is 0.347. The van der Waals surface area contributed by atoms with Crippen LogP contribution in [0, 0.1) is 5.92 Å². The normalized spacial score (nSPS) is 17.6. The van der Waals surface area contributed by atoms with Gasteiger partial charge in [-0.15, -0.1) is 0 Å². The molecule has 0 amide bonds. The first-order chi connectivity index (χ1) is 9.22. The number of hydrogen-bond donors (Lipinski definition) is 1. The van der Waals surface area contributed by atoms with Crippen molar-refractivity contribution in [2.75, 3.05) is 33.9 Å². The summed E-state index contributed by atoms with van der Waals surface area (Å²) in [5.74, 6) is 1.82. The molecule has 1 aromatic carbocycles. The average Bonchev–Trinajstić information content (AvgIpc) is 2.44. The smallest absolute Gasteiger partial charge is 0.120 e. The molecule has 4 nitrogen and oxygen atoms in total. The van der Waals surface area contributed by atoms with Gasteiger partial charge in [-0.25, -0.2) is 0 Å². The Morgan fingerprint density at radius 2 is 2.00 bits per heavy atom. The van der Waals surface area contributed by atoms with Crippen molar-refractivity contribution in [2.45, 2.75) is 19.4 Å². The van der Waals surface area contributed by atoms with E-state index in [1.54, 1.807) is 26.4 Å². The van der Waals surface area contributed by atoms with Crippen LogP contribution in [-0.4, -0.2) is 43.9 Å². The first-order valence-corrected chi connectivity index (χ1v) is 6.80. The molecule has 2 rings (SSSR count). The third-order valence-corrected chi connectivity index (χ3v) is 3.79. The summed E-state index contributed by atoms with van der Waals surface area (Å²) < 4.78 is 10.4. The van der Waals surface area contributed by atoms with Gasteiger partial charge in [0.1, 0.15) is 11.5 Å². The third-order valence-electron chi connectivity index (χ3n) is 3.79. The summed E-state index contributed by atoms with van der Waals surface area (Å²) in [7, 11) is 3.41. The number of methoxy groups -OCH3 is 2. The molecule has 0 bridgehead atoms. The van der Waals surface area contributed by atoms with Crippen LogP contribution in [0.1, 0.15) is 18.4 Å². The second-order valence-electron chi connectivity index (χ2n) is 5.17. The Hall–Kier alpha value is -1.26. The number of benzene rings is 1. The Bertz CT molecular complexity index is 400. The van der Waals surface area contributed by atoms with E-state index in [4.69, 9.17) is 9.47 Å². The van der Waals surface area contributed by atoms with Gasteiger partial charge in [-0.3, -0.25) is 4.90 Å². The minimum atomic E-state index is 0.347. The Balaban J connectivity index is 1.91. The van der Waals surface area contributed by atoms with E-state index >= 15 is 0 Å². The molecular formula is C15H23NO3. The second-order valence-corrected chi connectivity index (χ2v) is 5.17. The molecule has 106 valence electrons. The van der Waals surface area contributed by atoms with Gasteiger partial charge in [-0.1, -0.05) is 0 Å². The van der Waals surface area contributed by atoms with E-state index < -0.39 is 0 Å². The maximum absolute atomic E-state index is 9.90. The highest BCUT2D eigenvalue weighted by molar-refractivity contribution is 5.39. The molecule has 0 aliphatic carbocycles. The Morgan fingerprint density at radius 3 is 2.63 bits per heavy atom. The third kappa shape index (κ3) is 3.85. The zero-order valence-corrected chi connectivity index (χ0v) is 11.8. The Kier molecular flexibility index (Phi) is 5.05. The van der Waals surface area contributed by atoms with Gasteiger partial charge in [-0.2, -0.15) is 0 Å². The van der Waals surface area contributed by atoms with Crippen LogP contribution in [0.25, 0.3) is 0 Å². The number of hydrogen-bond acceptors (Lipinski definition) is 4. The zero-order chi connectivity index (χ0) is 13.7. The summed E-state index contributed by atoms with van der Waals surface area (Å²) in [4.78, 5) is 2.38. The highest BCUT2D eigenvalue weighted by Gasteiger charge is 2.19. The monoisotopic (exact) mass is 265 g/mol. The SMILES string of the molecule is COCC1CCN(Cc2cc(OC)ccc2O)CC1. The number of rotatable bonds is 5. The van der Waals surface area contributed by atoms with Gasteiger partial charge in [0.25, 0.3) is 0 Å². The standard InChI is InChI=1S/C15H23NO3/c1-18-11-12-5-7-16(8-6-12)10-13-9-14(19-2)3-4-15(13)17/h3-4,9,12,17H,5-8,10-11H2,1-2H3. The van der Waals surface area contributed by atoms with E-state index in [2.05, 4.69) is 4.90 Å². The number of nitrogens with zero attached hydrogens (tertiary/aromatic N) is 1. The van der Waals surface area contributed by atoms with Crippen molar-refractivity contribution in [3.8, 4) is 11.5 Å². The molecule has 1 aliphatic heterocycles. The van der Waals surface area contributed by atoms with Gasteiger partial charge in [0.05, 0.1) is 7.11 Å². The highest BCUT2D eigenvalue weighted by atomic mass is 16.5. The summed E-state index contributed by atoms with van der Waals surface area (Å²) in [6, 6.07) is 5.39. The van der Waals surface area contributed by atoms with Gasteiger partial charge < -0.3 is 14.6 Å². The molecule has 1 aliphatic rings. The largest absolute Gasteiger partial charge is 0.508 e. The van der Waals surface area contributed by atoms with Crippen LogP contribution in [-0.2, 0) is 11.3 Å². The molecule has 0 aromatic heterocycles. The summed E-state index contributed by atoms with van der Waals surface area (Å²) in [6.07, 6.45) is 2.33. The number of phenols is 1. The van der Waals surface area contributed by atoms with Crippen LogP contribution in [0.15, 0.2) is 18.2 Å². The Labute approximate surface area is 114 Å². The average molecular weight is 265 g/mol. The van der Waals surface area contributed by atoms with Gasteiger partial charge in [0.2, 0.25) is 0 Å². The maximum atomic E-state index is 9.90. The van der Waals surface area contributed by atoms with Gasteiger partial charge in [0, 0.05) is 25.8 Å². The molecule has 4 heteroatoms. The van der Waals surface area contributed by atoms with Gasteiger partial charge in [0.15, 0.2) is 0 Å². The molecule has 0 saturated carbocycles. The summed E-state index contributed by atoms with van der Waals surface area (Å²) in [6.45, 7) is 3.76. The fourth-order valence-corrected chi connectivity index (χ4v) is 2.60. The number of ether oxygens (including phenoxy) is 2. The quantitative estimate of drug-likeness (QED) is 0.886. The molecule has 1 saturated heterocycles. The van der Waals surface area contributed by atoms with Crippen molar-refractivity contribution in [1.82, 2.24) is 4.90 Å². The fraction of sp³-hybridized carbons (Fsp3) is 0.600. The van der Waals surface area contributed by atoms with Crippen LogP contribution in [0.4, 0.5) is 0 Å². The molecule has 0 radical (unpaired) electrons. The first kappa shape index (κ1) is 14.2. The topological polar surface area (TPSA) is 41.9 Å². The number of likely N-dealkylation sites (tertiary alicyclic amines) is 1. The Morgan fingerprint density at radius 1 is 1.26 bits per heavy atom. The predicted octanol–water partition coefficient (Wildman–Crippen LogP) is 2.26. The van der Waals surface area contributed by atoms with Crippen LogP contribution < -0.4 is 4.74 Å². The van der Waals surface area contributed by atoms with Gasteiger partial charge in [-0.05, 0) is 50.0 Å². The molecule has 1 N–H and O–H groups in total. The van der Waals surface area contributed by atoms with Crippen molar-refractivity contribution < 1.29 is 14.6 Å². The minimum Gasteiger partial charge on any atom is -0.508 e.